The minimum Gasteiger partial charge on any atom is -0.452 e. The van der Waals surface area contributed by atoms with E-state index in [0.29, 0.717) is 5.69 Å². The zero-order valence-electron chi connectivity index (χ0n) is 10.9. The summed E-state index contributed by atoms with van der Waals surface area (Å²) in [5.41, 5.74) is 1.73. The van der Waals surface area contributed by atoms with E-state index in [-0.39, 0.29) is 12.5 Å². The monoisotopic (exact) mass is 325 g/mol. The number of rotatable bonds is 5. The Morgan fingerprint density at radius 2 is 2.16 bits per heavy atom. The second kappa shape index (κ2) is 7.74. The Kier molecular flexibility index (Phi) is 6.29. The van der Waals surface area contributed by atoms with Gasteiger partial charge in [0.25, 0.3) is 5.91 Å². The number of ether oxygens (including phenoxy) is 1. The van der Waals surface area contributed by atoms with Crippen LogP contribution in [-0.4, -0.2) is 18.5 Å². The first-order valence-electron chi connectivity index (χ1n) is 5.92. The smallest absolute Gasteiger partial charge is 0.330 e. The minimum atomic E-state index is -0.514. The molecule has 1 rings (SSSR count). The Labute approximate surface area is 121 Å². The van der Waals surface area contributed by atoms with E-state index in [0.717, 1.165) is 16.5 Å². The average molecular weight is 326 g/mol. The number of anilines is 1. The lowest BCUT2D eigenvalue weighted by Crippen LogP contribution is -2.20. The van der Waals surface area contributed by atoms with Crippen molar-refractivity contribution in [2.75, 3.05) is 11.9 Å². The van der Waals surface area contributed by atoms with Crippen LogP contribution in [0.5, 0.6) is 0 Å². The molecule has 5 heteroatoms. The molecule has 0 aliphatic rings. The quantitative estimate of drug-likeness (QED) is 0.668. The van der Waals surface area contributed by atoms with E-state index in [1.165, 1.54) is 6.08 Å². The first-order valence-corrected chi connectivity index (χ1v) is 6.71. The van der Waals surface area contributed by atoms with Crippen molar-refractivity contribution >= 4 is 33.5 Å². The Balaban J connectivity index is 2.47. The van der Waals surface area contributed by atoms with Gasteiger partial charge in [-0.25, -0.2) is 4.79 Å². The normalized spacial score (nSPS) is 10.5. The molecular formula is C14H16BrNO3. The van der Waals surface area contributed by atoms with Crippen LogP contribution in [0.25, 0.3) is 0 Å². The van der Waals surface area contributed by atoms with Gasteiger partial charge < -0.3 is 10.1 Å². The number of benzene rings is 1. The number of carbonyl (C=O) groups excluding carboxylic acids is 2. The maximum Gasteiger partial charge on any atom is 0.330 e. The van der Waals surface area contributed by atoms with E-state index >= 15 is 0 Å². The fourth-order valence-electron chi connectivity index (χ4n) is 1.31. The Morgan fingerprint density at radius 1 is 1.42 bits per heavy atom. The molecule has 0 bridgehead atoms. The van der Waals surface area contributed by atoms with Crippen molar-refractivity contribution in [1.29, 1.82) is 0 Å². The van der Waals surface area contributed by atoms with Gasteiger partial charge in [-0.3, -0.25) is 4.79 Å². The van der Waals surface area contributed by atoms with Gasteiger partial charge in [0.15, 0.2) is 6.61 Å². The summed E-state index contributed by atoms with van der Waals surface area (Å²) in [4.78, 5) is 22.8. The van der Waals surface area contributed by atoms with Crippen LogP contribution in [0.1, 0.15) is 18.9 Å². The molecule has 102 valence electrons. The predicted octanol–water partition coefficient (Wildman–Crippen LogP) is 3.21. The molecule has 0 unspecified atom stereocenters. The Morgan fingerprint density at radius 3 is 2.79 bits per heavy atom. The summed E-state index contributed by atoms with van der Waals surface area (Å²) in [6, 6.07) is 5.57. The molecule has 0 atom stereocenters. The molecule has 0 aromatic heterocycles. The van der Waals surface area contributed by atoms with Crippen molar-refractivity contribution in [3.8, 4) is 0 Å². The van der Waals surface area contributed by atoms with Gasteiger partial charge in [0.1, 0.15) is 0 Å². The molecule has 0 fully saturated rings. The summed E-state index contributed by atoms with van der Waals surface area (Å²) < 4.78 is 5.58. The van der Waals surface area contributed by atoms with Crippen LogP contribution in [0, 0.1) is 6.92 Å². The van der Waals surface area contributed by atoms with Crippen LogP contribution in [0.15, 0.2) is 34.8 Å². The lowest BCUT2D eigenvalue weighted by molar-refractivity contribution is -0.142. The molecular weight excluding hydrogens is 310 g/mol. The summed E-state index contributed by atoms with van der Waals surface area (Å²) >= 11 is 3.36. The SMILES string of the molecule is CC/C=C/C(=O)OCC(=O)Nc1ccc(C)cc1Br. The van der Waals surface area contributed by atoms with Gasteiger partial charge in [-0.05, 0) is 47.0 Å². The number of nitrogens with one attached hydrogen (secondary N) is 1. The molecule has 4 nitrogen and oxygen atoms in total. The molecule has 0 heterocycles. The third kappa shape index (κ3) is 5.70. The fraction of sp³-hybridized carbons (Fsp3) is 0.286. The van der Waals surface area contributed by atoms with Crippen molar-refractivity contribution in [2.24, 2.45) is 0 Å². The molecule has 1 aromatic rings. The number of allylic oxidation sites excluding steroid dienone is 1. The molecule has 1 N–H and O–H groups in total. The van der Waals surface area contributed by atoms with Crippen molar-refractivity contribution < 1.29 is 14.3 Å². The van der Waals surface area contributed by atoms with E-state index in [2.05, 4.69) is 21.2 Å². The third-order valence-corrected chi connectivity index (χ3v) is 2.89. The minimum absolute atomic E-state index is 0.298. The lowest BCUT2D eigenvalue weighted by atomic mass is 10.2. The zero-order chi connectivity index (χ0) is 14.3. The number of carbonyl (C=O) groups is 2. The third-order valence-electron chi connectivity index (χ3n) is 2.23. The largest absolute Gasteiger partial charge is 0.452 e. The maximum atomic E-state index is 11.6. The van der Waals surface area contributed by atoms with Gasteiger partial charge in [-0.2, -0.15) is 0 Å². The number of hydrogen-bond donors (Lipinski definition) is 1. The number of halogens is 1. The highest BCUT2D eigenvalue weighted by molar-refractivity contribution is 9.10. The summed E-state index contributed by atoms with van der Waals surface area (Å²) in [6.45, 7) is 3.57. The lowest BCUT2D eigenvalue weighted by Gasteiger charge is -2.08. The van der Waals surface area contributed by atoms with E-state index in [1.54, 1.807) is 12.1 Å². The van der Waals surface area contributed by atoms with E-state index in [9.17, 15) is 9.59 Å². The molecule has 0 saturated heterocycles. The Hall–Kier alpha value is -1.62. The van der Waals surface area contributed by atoms with Crippen LogP contribution in [0.4, 0.5) is 5.69 Å². The topological polar surface area (TPSA) is 55.4 Å². The summed E-state index contributed by atoms with van der Waals surface area (Å²) in [6.07, 6.45) is 3.74. The first kappa shape index (κ1) is 15.4. The van der Waals surface area contributed by atoms with Gasteiger partial charge in [0, 0.05) is 10.5 Å². The van der Waals surface area contributed by atoms with E-state index < -0.39 is 5.97 Å². The highest BCUT2D eigenvalue weighted by Crippen LogP contribution is 2.23. The molecule has 0 spiro atoms. The van der Waals surface area contributed by atoms with E-state index in [1.807, 2.05) is 26.0 Å². The van der Waals surface area contributed by atoms with Crippen molar-refractivity contribution in [2.45, 2.75) is 20.3 Å². The van der Waals surface area contributed by atoms with Gasteiger partial charge in [0.05, 0.1) is 5.69 Å². The number of amides is 1. The summed E-state index contributed by atoms with van der Waals surface area (Å²) in [7, 11) is 0. The summed E-state index contributed by atoms with van der Waals surface area (Å²) in [5, 5.41) is 2.66. The van der Waals surface area contributed by atoms with Crippen LogP contribution < -0.4 is 5.32 Å². The average Bonchev–Trinajstić information content (AvgIpc) is 2.37. The van der Waals surface area contributed by atoms with E-state index in [4.69, 9.17) is 4.74 Å². The van der Waals surface area contributed by atoms with Crippen LogP contribution in [-0.2, 0) is 14.3 Å². The first-order chi connectivity index (χ1) is 9.02. The highest BCUT2D eigenvalue weighted by atomic mass is 79.9. The summed E-state index contributed by atoms with van der Waals surface area (Å²) in [5.74, 6) is -0.886. The maximum absolute atomic E-state index is 11.6. The van der Waals surface area contributed by atoms with Gasteiger partial charge in [-0.15, -0.1) is 0 Å². The van der Waals surface area contributed by atoms with Crippen LogP contribution in [0.3, 0.4) is 0 Å². The highest BCUT2D eigenvalue weighted by Gasteiger charge is 2.07. The van der Waals surface area contributed by atoms with Crippen molar-refractivity contribution in [3.05, 3.63) is 40.4 Å². The molecule has 0 aliphatic heterocycles. The number of esters is 1. The molecule has 1 aromatic carbocycles. The van der Waals surface area contributed by atoms with Crippen LogP contribution >= 0.6 is 15.9 Å². The fourth-order valence-corrected chi connectivity index (χ4v) is 1.90. The standard InChI is InChI=1S/C14H16BrNO3/c1-3-4-5-14(18)19-9-13(17)16-12-7-6-10(2)8-11(12)15/h4-8H,3,9H2,1-2H3,(H,16,17)/b5-4+. The molecule has 0 saturated carbocycles. The van der Waals surface area contributed by atoms with Gasteiger partial charge in [-0.1, -0.05) is 19.1 Å². The van der Waals surface area contributed by atoms with Crippen molar-refractivity contribution in [3.63, 3.8) is 0 Å². The second-order valence-electron chi connectivity index (χ2n) is 3.95. The molecule has 19 heavy (non-hydrogen) atoms. The molecule has 0 radical (unpaired) electrons. The second-order valence-corrected chi connectivity index (χ2v) is 4.80. The van der Waals surface area contributed by atoms with Gasteiger partial charge in [0.2, 0.25) is 0 Å². The number of aryl methyl sites for hydroxylation is 1. The molecule has 1 amide bonds. The van der Waals surface area contributed by atoms with Gasteiger partial charge >= 0.3 is 5.97 Å². The number of hydrogen-bond acceptors (Lipinski definition) is 3. The van der Waals surface area contributed by atoms with Crippen molar-refractivity contribution in [1.82, 2.24) is 0 Å². The predicted molar refractivity (Wildman–Crippen MR) is 77.9 cm³/mol. The Bertz CT molecular complexity index is 497. The van der Waals surface area contributed by atoms with Crippen LogP contribution in [0.2, 0.25) is 0 Å². The zero-order valence-corrected chi connectivity index (χ0v) is 12.5. The molecule has 0 aliphatic carbocycles.